The van der Waals surface area contributed by atoms with Crippen molar-refractivity contribution < 1.29 is 29.5 Å². The van der Waals surface area contributed by atoms with Crippen LogP contribution in [-0.2, 0) is 14.2 Å². The molecule has 2 saturated heterocycles. The van der Waals surface area contributed by atoms with E-state index in [0.29, 0.717) is 12.2 Å². The minimum atomic E-state index is -1.94. The van der Waals surface area contributed by atoms with Gasteiger partial charge in [-0.15, -0.1) is 0 Å². The maximum absolute atomic E-state index is 8.40. The highest BCUT2D eigenvalue weighted by atomic mass is 16.6. The first-order valence-electron chi connectivity index (χ1n) is 5.33. The number of epoxide rings is 2. The van der Waals surface area contributed by atoms with Gasteiger partial charge in [0.05, 0.1) is 26.4 Å². The molecule has 0 saturated carbocycles. The van der Waals surface area contributed by atoms with E-state index in [0.717, 1.165) is 33.4 Å². The van der Waals surface area contributed by atoms with E-state index < -0.39 is 11.9 Å². The number of hydrogen-bond acceptors (Lipinski definition) is 6. The van der Waals surface area contributed by atoms with Gasteiger partial charge in [-0.3, -0.25) is 0 Å². The highest BCUT2D eigenvalue weighted by Crippen LogP contribution is 2.12. The second-order valence-electron chi connectivity index (χ2n) is 4.22. The summed E-state index contributed by atoms with van der Waals surface area (Å²) in [6.45, 7) is 5.69. The molecule has 0 spiro atoms. The zero-order valence-corrected chi connectivity index (χ0v) is 9.63. The van der Waals surface area contributed by atoms with Gasteiger partial charge in [-0.25, -0.2) is 0 Å². The SMILES string of the molecule is C(OCC1CO1)C1CO1.CC(O)C(C)(O)O. The Bertz CT molecular complexity index is 180. The molecule has 6 heteroatoms. The second-order valence-corrected chi connectivity index (χ2v) is 4.22. The molecule has 0 aromatic rings. The molecule has 96 valence electrons. The predicted octanol–water partition coefficient (Wildman–Crippen LogP) is -1.13. The molecule has 3 unspecified atom stereocenters. The van der Waals surface area contributed by atoms with E-state index in [-0.39, 0.29) is 0 Å². The molecule has 0 aromatic carbocycles. The first-order chi connectivity index (χ1) is 7.39. The lowest BCUT2D eigenvalue weighted by Gasteiger charge is -2.17. The van der Waals surface area contributed by atoms with Crippen molar-refractivity contribution in [2.24, 2.45) is 0 Å². The van der Waals surface area contributed by atoms with Crippen LogP contribution in [-0.4, -0.2) is 65.8 Å². The topological polar surface area (TPSA) is 95.0 Å². The quantitative estimate of drug-likeness (QED) is 0.413. The van der Waals surface area contributed by atoms with Gasteiger partial charge in [-0.1, -0.05) is 0 Å². The summed E-state index contributed by atoms with van der Waals surface area (Å²) in [6.07, 6.45) is -0.306. The average molecular weight is 236 g/mol. The Kier molecular flexibility index (Phi) is 5.10. The fraction of sp³-hybridized carbons (Fsp3) is 1.00. The largest absolute Gasteiger partial charge is 0.388 e. The molecule has 2 aliphatic rings. The minimum absolute atomic E-state index is 0.392. The summed E-state index contributed by atoms with van der Waals surface area (Å²) in [6, 6.07) is 0. The van der Waals surface area contributed by atoms with E-state index in [1.54, 1.807) is 0 Å². The molecule has 0 amide bonds. The van der Waals surface area contributed by atoms with Gasteiger partial charge in [0.25, 0.3) is 0 Å². The van der Waals surface area contributed by atoms with Crippen LogP contribution in [0.5, 0.6) is 0 Å². The first kappa shape index (κ1) is 13.8. The van der Waals surface area contributed by atoms with E-state index in [1.165, 1.54) is 6.92 Å². The van der Waals surface area contributed by atoms with Crippen molar-refractivity contribution >= 4 is 0 Å². The number of hydrogen-bond donors (Lipinski definition) is 3. The Balaban J connectivity index is 0.000000168. The summed E-state index contributed by atoms with van der Waals surface area (Å²) in [7, 11) is 0. The fourth-order valence-electron chi connectivity index (χ4n) is 0.659. The summed E-state index contributed by atoms with van der Waals surface area (Å²) in [5.74, 6) is -1.94. The summed E-state index contributed by atoms with van der Waals surface area (Å²) < 4.78 is 15.1. The molecule has 0 aliphatic carbocycles. The number of aliphatic hydroxyl groups excluding tert-OH is 1. The molecule has 0 radical (unpaired) electrons. The van der Waals surface area contributed by atoms with Crippen molar-refractivity contribution in [2.45, 2.75) is 37.9 Å². The lowest BCUT2D eigenvalue weighted by molar-refractivity contribution is -0.205. The van der Waals surface area contributed by atoms with E-state index in [9.17, 15) is 0 Å². The monoisotopic (exact) mass is 236 g/mol. The second kappa shape index (κ2) is 5.90. The molecule has 0 bridgehead atoms. The fourth-order valence-corrected chi connectivity index (χ4v) is 0.659. The number of rotatable bonds is 5. The van der Waals surface area contributed by atoms with Gasteiger partial charge in [-0.05, 0) is 13.8 Å². The van der Waals surface area contributed by atoms with Crippen molar-refractivity contribution in [1.82, 2.24) is 0 Å². The third-order valence-electron chi connectivity index (χ3n) is 2.20. The molecular weight excluding hydrogens is 216 g/mol. The van der Waals surface area contributed by atoms with Crippen LogP contribution in [0.15, 0.2) is 0 Å². The van der Waals surface area contributed by atoms with E-state index in [2.05, 4.69) is 0 Å². The van der Waals surface area contributed by atoms with Gasteiger partial charge in [0, 0.05) is 0 Å². The van der Waals surface area contributed by atoms with Crippen LogP contribution in [0.3, 0.4) is 0 Å². The third kappa shape index (κ3) is 7.10. The molecule has 2 fully saturated rings. The Morgan fingerprint density at radius 3 is 1.75 bits per heavy atom. The zero-order valence-electron chi connectivity index (χ0n) is 9.63. The van der Waals surface area contributed by atoms with Gasteiger partial charge >= 0.3 is 0 Å². The summed E-state index contributed by atoms with van der Waals surface area (Å²) in [5, 5.41) is 25.2. The average Bonchev–Trinajstić information content (AvgIpc) is 2.97. The summed E-state index contributed by atoms with van der Waals surface area (Å²) in [4.78, 5) is 0. The zero-order chi connectivity index (χ0) is 12.2. The maximum atomic E-state index is 8.40. The smallest absolute Gasteiger partial charge is 0.186 e. The highest BCUT2D eigenvalue weighted by molar-refractivity contribution is 4.71. The predicted molar refractivity (Wildman–Crippen MR) is 54.8 cm³/mol. The van der Waals surface area contributed by atoms with Crippen molar-refractivity contribution in [3.63, 3.8) is 0 Å². The molecule has 3 N–H and O–H groups in total. The van der Waals surface area contributed by atoms with Crippen molar-refractivity contribution in [3.05, 3.63) is 0 Å². The molecule has 0 aromatic heterocycles. The van der Waals surface area contributed by atoms with Crippen LogP contribution in [0.1, 0.15) is 13.8 Å². The minimum Gasteiger partial charge on any atom is -0.388 e. The highest BCUT2D eigenvalue weighted by Gasteiger charge is 2.26. The molecule has 2 heterocycles. The van der Waals surface area contributed by atoms with Crippen molar-refractivity contribution in [1.29, 1.82) is 0 Å². The van der Waals surface area contributed by atoms with Crippen molar-refractivity contribution in [2.75, 3.05) is 26.4 Å². The van der Waals surface area contributed by atoms with Gasteiger partial charge in [0.2, 0.25) is 0 Å². The molecule has 6 nitrogen and oxygen atoms in total. The summed E-state index contributed by atoms with van der Waals surface area (Å²) in [5.41, 5.74) is 0. The van der Waals surface area contributed by atoms with Crippen molar-refractivity contribution in [3.8, 4) is 0 Å². The van der Waals surface area contributed by atoms with Crippen LogP contribution in [0.25, 0.3) is 0 Å². The molecule has 3 atom stereocenters. The van der Waals surface area contributed by atoms with Gasteiger partial charge in [0.15, 0.2) is 5.79 Å². The van der Waals surface area contributed by atoms with E-state index in [4.69, 9.17) is 29.5 Å². The third-order valence-corrected chi connectivity index (χ3v) is 2.20. The Morgan fingerprint density at radius 2 is 1.56 bits per heavy atom. The summed E-state index contributed by atoms with van der Waals surface area (Å²) >= 11 is 0. The lowest BCUT2D eigenvalue weighted by Crippen LogP contribution is -2.36. The Labute approximate surface area is 94.7 Å². The van der Waals surface area contributed by atoms with Crippen LogP contribution >= 0.6 is 0 Å². The normalized spacial score (nSPS) is 29.1. The van der Waals surface area contributed by atoms with Gasteiger partial charge in [0.1, 0.15) is 18.3 Å². The van der Waals surface area contributed by atoms with Crippen LogP contribution in [0.4, 0.5) is 0 Å². The Morgan fingerprint density at radius 1 is 1.25 bits per heavy atom. The van der Waals surface area contributed by atoms with Crippen LogP contribution < -0.4 is 0 Å². The number of ether oxygens (including phenoxy) is 3. The maximum Gasteiger partial charge on any atom is 0.186 e. The lowest BCUT2D eigenvalue weighted by atomic mass is 10.2. The van der Waals surface area contributed by atoms with E-state index >= 15 is 0 Å². The molecular formula is C10H20O6. The standard InChI is InChI=1S/C6H10O3.C4H10O3/c1(5-3-8-5)7-2-6-4-9-6;1-3(5)4(2,6)7/h5-6H,1-4H2;3,5-7H,1-2H3. The number of aliphatic hydroxyl groups is 3. The van der Waals surface area contributed by atoms with Crippen LogP contribution in [0, 0.1) is 0 Å². The van der Waals surface area contributed by atoms with Gasteiger partial charge in [-0.2, -0.15) is 0 Å². The molecule has 2 rings (SSSR count). The molecule has 16 heavy (non-hydrogen) atoms. The Hall–Kier alpha value is -0.240. The molecule has 2 aliphatic heterocycles. The van der Waals surface area contributed by atoms with Gasteiger partial charge < -0.3 is 29.5 Å². The first-order valence-corrected chi connectivity index (χ1v) is 5.33. The van der Waals surface area contributed by atoms with E-state index in [1.807, 2.05) is 0 Å². The van der Waals surface area contributed by atoms with Crippen LogP contribution in [0.2, 0.25) is 0 Å².